The number of carbonyl (C=O) groups is 1. The third-order valence-electron chi connectivity index (χ3n) is 2.75. The fraction of sp³-hybridized carbons (Fsp3) is 0.467. The predicted molar refractivity (Wildman–Crippen MR) is 75.5 cm³/mol. The fourth-order valence-electron chi connectivity index (χ4n) is 1.60. The molecule has 0 aliphatic heterocycles. The summed E-state index contributed by atoms with van der Waals surface area (Å²) in [7, 11) is 0. The number of amides is 1. The molecule has 0 radical (unpaired) electrons. The lowest BCUT2D eigenvalue weighted by Crippen LogP contribution is -2.19. The minimum Gasteiger partial charge on any atom is -0.273 e. The SMILES string of the molecule is CCCC/C(C)=N/NC(=O)CCc1ccccc1. The van der Waals surface area contributed by atoms with Gasteiger partial charge in [0.1, 0.15) is 0 Å². The zero-order chi connectivity index (χ0) is 13.2. The van der Waals surface area contributed by atoms with E-state index < -0.39 is 0 Å². The van der Waals surface area contributed by atoms with Crippen LogP contribution in [0.2, 0.25) is 0 Å². The van der Waals surface area contributed by atoms with Crippen molar-refractivity contribution in [1.29, 1.82) is 0 Å². The number of unbranched alkanes of at least 4 members (excludes halogenated alkanes) is 1. The van der Waals surface area contributed by atoms with Crippen molar-refractivity contribution in [3.05, 3.63) is 35.9 Å². The quantitative estimate of drug-likeness (QED) is 0.582. The van der Waals surface area contributed by atoms with Crippen molar-refractivity contribution in [3.63, 3.8) is 0 Å². The van der Waals surface area contributed by atoms with Crippen molar-refractivity contribution in [1.82, 2.24) is 5.43 Å². The van der Waals surface area contributed by atoms with Gasteiger partial charge < -0.3 is 0 Å². The topological polar surface area (TPSA) is 41.5 Å². The molecule has 0 saturated carbocycles. The molecular formula is C15H22N2O. The molecule has 0 aromatic heterocycles. The number of rotatable bonds is 7. The molecule has 0 fully saturated rings. The van der Waals surface area contributed by atoms with E-state index in [1.54, 1.807) is 0 Å². The smallest absolute Gasteiger partial charge is 0.240 e. The van der Waals surface area contributed by atoms with Crippen LogP contribution in [-0.4, -0.2) is 11.6 Å². The average Bonchev–Trinajstić information content (AvgIpc) is 2.41. The van der Waals surface area contributed by atoms with Crippen molar-refractivity contribution >= 4 is 11.6 Å². The first-order chi connectivity index (χ1) is 8.72. The maximum absolute atomic E-state index is 11.6. The zero-order valence-electron chi connectivity index (χ0n) is 11.3. The number of carbonyl (C=O) groups excluding carboxylic acids is 1. The van der Waals surface area contributed by atoms with Crippen LogP contribution in [0.3, 0.4) is 0 Å². The third-order valence-corrected chi connectivity index (χ3v) is 2.75. The number of hydrogen-bond donors (Lipinski definition) is 1. The predicted octanol–water partition coefficient (Wildman–Crippen LogP) is 3.30. The van der Waals surface area contributed by atoms with E-state index in [2.05, 4.69) is 17.5 Å². The third kappa shape index (κ3) is 6.18. The molecule has 1 aromatic rings. The summed E-state index contributed by atoms with van der Waals surface area (Å²) in [5, 5.41) is 4.09. The Bertz CT molecular complexity index is 385. The first-order valence-corrected chi connectivity index (χ1v) is 6.58. The lowest BCUT2D eigenvalue weighted by atomic mass is 10.1. The van der Waals surface area contributed by atoms with Crippen LogP contribution in [0.1, 0.15) is 45.1 Å². The second-order valence-electron chi connectivity index (χ2n) is 4.47. The molecule has 3 nitrogen and oxygen atoms in total. The lowest BCUT2D eigenvalue weighted by molar-refractivity contribution is -0.121. The molecule has 0 heterocycles. The summed E-state index contributed by atoms with van der Waals surface area (Å²) in [5.41, 5.74) is 4.78. The maximum Gasteiger partial charge on any atom is 0.240 e. The fourth-order valence-corrected chi connectivity index (χ4v) is 1.60. The zero-order valence-corrected chi connectivity index (χ0v) is 11.3. The van der Waals surface area contributed by atoms with Gasteiger partial charge in [-0.05, 0) is 31.7 Å². The van der Waals surface area contributed by atoms with E-state index in [0.717, 1.165) is 31.4 Å². The van der Waals surface area contributed by atoms with Gasteiger partial charge in [0.05, 0.1) is 0 Å². The van der Waals surface area contributed by atoms with E-state index in [9.17, 15) is 4.79 Å². The van der Waals surface area contributed by atoms with Gasteiger partial charge in [-0.2, -0.15) is 5.10 Å². The number of nitrogens with zero attached hydrogens (tertiary/aromatic N) is 1. The molecule has 3 heteroatoms. The van der Waals surface area contributed by atoms with Crippen LogP contribution in [0.15, 0.2) is 35.4 Å². The van der Waals surface area contributed by atoms with Crippen molar-refractivity contribution in [3.8, 4) is 0 Å². The van der Waals surface area contributed by atoms with E-state index in [4.69, 9.17) is 0 Å². The number of hydrazone groups is 1. The molecule has 1 aromatic carbocycles. The van der Waals surface area contributed by atoms with Crippen LogP contribution in [0.5, 0.6) is 0 Å². The number of nitrogens with one attached hydrogen (secondary N) is 1. The monoisotopic (exact) mass is 246 g/mol. The van der Waals surface area contributed by atoms with Gasteiger partial charge in [0.2, 0.25) is 5.91 Å². The van der Waals surface area contributed by atoms with Gasteiger partial charge in [0, 0.05) is 12.1 Å². The van der Waals surface area contributed by atoms with Gasteiger partial charge >= 0.3 is 0 Å². The van der Waals surface area contributed by atoms with Crippen molar-refractivity contribution in [2.45, 2.75) is 46.0 Å². The lowest BCUT2D eigenvalue weighted by Gasteiger charge is -2.02. The number of aryl methyl sites for hydroxylation is 1. The Kier molecular flexibility index (Phi) is 6.77. The van der Waals surface area contributed by atoms with Gasteiger partial charge in [-0.3, -0.25) is 4.79 Å². The van der Waals surface area contributed by atoms with Crippen LogP contribution in [0.25, 0.3) is 0 Å². The molecule has 0 unspecified atom stereocenters. The van der Waals surface area contributed by atoms with Gasteiger partial charge in [-0.25, -0.2) is 5.43 Å². The first-order valence-electron chi connectivity index (χ1n) is 6.58. The summed E-state index contributed by atoms with van der Waals surface area (Å²) in [6.07, 6.45) is 4.46. The molecule has 18 heavy (non-hydrogen) atoms. The van der Waals surface area contributed by atoms with Crippen LogP contribution in [-0.2, 0) is 11.2 Å². The molecule has 0 aliphatic carbocycles. The summed E-state index contributed by atoms with van der Waals surface area (Å²) in [4.78, 5) is 11.6. The van der Waals surface area contributed by atoms with E-state index in [-0.39, 0.29) is 5.91 Å². The molecule has 1 N–H and O–H groups in total. The van der Waals surface area contributed by atoms with Crippen LogP contribution in [0, 0.1) is 0 Å². The minimum atomic E-state index is -0.0188. The number of hydrogen-bond acceptors (Lipinski definition) is 2. The highest BCUT2D eigenvalue weighted by molar-refractivity contribution is 5.84. The standard InChI is InChI=1S/C15H22N2O/c1-3-4-8-13(2)16-17-15(18)12-11-14-9-6-5-7-10-14/h5-7,9-10H,3-4,8,11-12H2,1-2H3,(H,17,18)/b16-13+. The van der Waals surface area contributed by atoms with E-state index >= 15 is 0 Å². The second kappa shape index (κ2) is 8.45. The van der Waals surface area contributed by atoms with Crippen molar-refractivity contribution in [2.75, 3.05) is 0 Å². The Morgan fingerprint density at radius 3 is 2.61 bits per heavy atom. The normalized spacial score (nSPS) is 11.3. The van der Waals surface area contributed by atoms with Gasteiger partial charge in [-0.1, -0.05) is 43.7 Å². The van der Waals surface area contributed by atoms with Crippen molar-refractivity contribution < 1.29 is 4.79 Å². The first kappa shape index (κ1) is 14.4. The van der Waals surface area contributed by atoms with Gasteiger partial charge in [0.25, 0.3) is 0 Å². The molecule has 0 saturated heterocycles. The highest BCUT2D eigenvalue weighted by atomic mass is 16.2. The highest BCUT2D eigenvalue weighted by Crippen LogP contribution is 2.02. The summed E-state index contributed by atoms with van der Waals surface area (Å²) >= 11 is 0. The second-order valence-corrected chi connectivity index (χ2v) is 4.47. The Balaban J connectivity index is 2.25. The maximum atomic E-state index is 11.6. The van der Waals surface area contributed by atoms with Crippen LogP contribution >= 0.6 is 0 Å². The summed E-state index contributed by atoms with van der Waals surface area (Å²) in [6, 6.07) is 10.0. The van der Waals surface area contributed by atoms with E-state index in [1.165, 1.54) is 5.56 Å². The van der Waals surface area contributed by atoms with Crippen LogP contribution < -0.4 is 5.43 Å². The molecule has 0 aliphatic rings. The van der Waals surface area contributed by atoms with E-state index in [0.29, 0.717) is 6.42 Å². The summed E-state index contributed by atoms with van der Waals surface area (Å²) in [6.45, 7) is 4.10. The van der Waals surface area contributed by atoms with Gasteiger partial charge in [-0.15, -0.1) is 0 Å². The molecule has 0 bridgehead atoms. The average molecular weight is 246 g/mol. The van der Waals surface area contributed by atoms with Crippen molar-refractivity contribution in [2.24, 2.45) is 5.10 Å². The molecule has 0 spiro atoms. The Morgan fingerprint density at radius 1 is 1.22 bits per heavy atom. The van der Waals surface area contributed by atoms with Gasteiger partial charge in [0.15, 0.2) is 0 Å². The molecule has 1 amide bonds. The molecule has 98 valence electrons. The Hall–Kier alpha value is -1.64. The minimum absolute atomic E-state index is 0.0188. The van der Waals surface area contributed by atoms with E-state index in [1.807, 2.05) is 37.3 Å². The largest absolute Gasteiger partial charge is 0.273 e. The molecule has 0 atom stereocenters. The Labute approximate surface area is 109 Å². The van der Waals surface area contributed by atoms with Crippen LogP contribution in [0.4, 0.5) is 0 Å². The summed E-state index contributed by atoms with van der Waals surface area (Å²) in [5.74, 6) is -0.0188. The highest BCUT2D eigenvalue weighted by Gasteiger charge is 2.01. The number of benzene rings is 1. The Morgan fingerprint density at radius 2 is 1.94 bits per heavy atom. The molecular weight excluding hydrogens is 224 g/mol. The summed E-state index contributed by atoms with van der Waals surface area (Å²) < 4.78 is 0. The molecule has 1 rings (SSSR count).